The average molecular weight is 366 g/mol. The number of ether oxygens (including phenoxy) is 2. The van der Waals surface area contributed by atoms with Crippen LogP contribution >= 0.6 is 0 Å². The third kappa shape index (κ3) is 4.15. The van der Waals surface area contributed by atoms with Crippen molar-refractivity contribution >= 4 is 5.71 Å². The van der Waals surface area contributed by atoms with Crippen LogP contribution in [-0.2, 0) is 16.1 Å². The van der Waals surface area contributed by atoms with Gasteiger partial charge < -0.3 is 14.3 Å². The van der Waals surface area contributed by atoms with E-state index >= 15 is 0 Å². The van der Waals surface area contributed by atoms with E-state index in [1.165, 1.54) is 16.7 Å². The van der Waals surface area contributed by atoms with Gasteiger partial charge in [0.05, 0.1) is 18.2 Å². The molecule has 0 N–H and O–H groups in total. The minimum absolute atomic E-state index is 0.164. The fraction of sp³-hybridized carbons (Fsp3) is 0.409. The van der Waals surface area contributed by atoms with E-state index in [0.717, 1.165) is 31.1 Å². The van der Waals surface area contributed by atoms with Gasteiger partial charge in [-0.05, 0) is 24.6 Å². The Morgan fingerprint density at radius 1 is 1.11 bits per heavy atom. The molecule has 0 aliphatic carbocycles. The molecule has 2 aliphatic heterocycles. The summed E-state index contributed by atoms with van der Waals surface area (Å²) in [6.45, 7) is 6.09. The predicted molar refractivity (Wildman–Crippen MR) is 105 cm³/mol. The van der Waals surface area contributed by atoms with E-state index in [2.05, 4.69) is 53.4 Å². The molecule has 4 rings (SSSR count). The Hall–Kier alpha value is -2.37. The van der Waals surface area contributed by atoms with E-state index in [0.29, 0.717) is 19.1 Å². The standard InChI is InChI=1S/C22H26N2O3/c1-16-4-3-5-18(12-16)22-20-14-24(15-21(20)27-23-22)13-17-6-8-19(9-7-17)26-11-10-25-2/h3-9,12,20-21H,10-11,13-15H2,1-2H3/t20-,21-/m0/s1. The quantitative estimate of drug-likeness (QED) is 0.706. The highest BCUT2D eigenvalue weighted by atomic mass is 16.6. The zero-order valence-electron chi connectivity index (χ0n) is 15.9. The molecule has 0 saturated carbocycles. The van der Waals surface area contributed by atoms with E-state index in [1.807, 2.05) is 12.1 Å². The lowest BCUT2D eigenvalue weighted by molar-refractivity contribution is 0.0745. The highest BCUT2D eigenvalue weighted by Gasteiger charge is 2.42. The molecular formula is C22H26N2O3. The first-order valence-electron chi connectivity index (χ1n) is 9.47. The van der Waals surface area contributed by atoms with Gasteiger partial charge in [-0.2, -0.15) is 0 Å². The molecule has 5 nitrogen and oxygen atoms in total. The zero-order chi connectivity index (χ0) is 18.6. The minimum Gasteiger partial charge on any atom is -0.491 e. The molecule has 2 aromatic rings. The Kier molecular flexibility index (Phi) is 5.41. The molecule has 0 radical (unpaired) electrons. The Balaban J connectivity index is 1.35. The van der Waals surface area contributed by atoms with Gasteiger partial charge in [0.15, 0.2) is 0 Å². The van der Waals surface area contributed by atoms with Gasteiger partial charge in [0.25, 0.3) is 0 Å². The summed E-state index contributed by atoms with van der Waals surface area (Å²) in [5.74, 6) is 1.23. The second-order valence-electron chi connectivity index (χ2n) is 7.28. The molecule has 0 unspecified atom stereocenters. The lowest BCUT2D eigenvalue weighted by atomic mass is 9.94. The summed E-state index contributed by atoms with van der Waals surface area (Å²) in [6, 6.07) is 16.8. The van der Waals surface area contributed by atoms with Crippen molar-refractivity contribution in [3.8, 4) is 5.75 Å². The molecule has 142 valence electrons. The predicted octanol–water partition coefficient (Wildman–Crippen LogP) is 3.26. The van der Waals surface area contributed by atoms with Gasteiger partial charge in [0.1, 0.15) is 18.5 Å². The molecule has 2 atom stereocenters. The van der Waals surface area contributed by atoms with Gasteiger partial charge >= 0.3 is 0 Å². The van der Waals surface area contributed by atoms with E-state index in [9.17, 15) is 0 Å². The highest BCUT2D eigenvalue weighted by molar-refractivity contribution is 6.03. The Morgan fingerprint density at radius 3 is 2.74 bits per heavy atom. The van der Waals surface area contributed by atoms with E-state index in [1.54, 1.807) is 7.11 Å². The fourth-order valence-corrected chi connectivity index (χ4v) is 3.81. The van der Waals surface area contributed by atoms with Crippen molar-refractivity contribution in [3.63, 3.8) is 0 Å². The Morgan fingerprint density at radius 2 is 1.96 bits per heavy atom. The summed E-state index contributed by atoms with van der Waals surface area (Å²) in [6.07, 6.45) is 0.164. The first kappa shape index (κ1) is 18.0. The topological polar surface area (TPSA) is 43.3 Å². The van der Waals surface area contributed by atoms with E-state index < -0.39 is 0 Å². The summed E-state index contributed by atoms with van der Waals surface area (Å²) < 4.78 is 10.6. The number of aryl methyl sites for hydroxylation is 1. The SMILES string of the molecule is COCCOc1ccc(CN2C[C@@H]3ON=C(c4cccc(C)c4)[C@H]3C2)cc1. The summed E-state index contributed by atoms with van der Waals surface area (Å²) in [7, 11) is 1.68. The number of nitrogens with zero attached hydrogens (tertiary/aromatic N) is 2. The summed E-state index contributed by atoms with van der Waals surface area (Å²) in [4.78, 5) is 8.19. The lowest BCUT2D eigenvalue weighted by Gasteiger charge is -2.16. The largest absolute Gasteiger partial charge is 0.491 e. The molecule has 2 aliphatic rings. The number of benzene rings is 2. The Labute approximate surface area is 160 Å². The van der Waals surface area contributed by atoms with Crippen LogP contribution in [0.15, 0.2) is 53.7 Å². The van der Waals surface area contributed by atoms with Crippen LogP contribution in [0.4, 0.5) is 0 Å². The van der Waals surface area contributed by atoms with Crippen molar-refractivity contribution in [1.29, 1.82) is 0 Å². The second kappa shape index (κ2) is 8.11. The van der Waals surface area contributed by atoms with Crippen LogP contribution in [0, 0.1) is 12.8 Å². The maximum Gasteiger partial charge on any atom is 0.149 e. The molecule has 2 aromatic carbocycles. The van der Waals surface area contributed by atoms with E-state index in [4.69, 9.17) is 14.3 Å². The van der Waals surface area contributed by atoms with Crippen LogP contribution in [0.5, 0.6) is 5.75 Å². The third-order valence-electron chi connectivity index (χ3n) is 5.18. The number of hydrogen-bond acceptors (Lipinski definition) is 5. The lowest BCUT2D eigenvalue weighted by Crippen LogP contribution is -2.23. The van der Waals surface area contributed by atoms with Gasteiger partial charge in [-0.1, -0.05) is 47.1 Å². The van der Waals surface area contributed by atoms with Crippen LogP contribution < -0.4 is 4.74 Å². The van der Waals surface area contributed by atoms with Gasteiger partial charge in [0.2, 0.25) is 0 Å². The minimum atomic E-state index is 0.164. The van der Waals surface area contributed by atoms with E-state index in [-0.39, 0.29) is 6.10 Å². The van der Waals surface area contributed by atoms with Crippen LogP contribution in [0.25, 0.3) is 0 Å². The molecule has 2 heterocycles. The monoisotopic (exact) mass is 366 g/mol. The zero-order valence-corrected chi connectivity index (χ0v) is 15.9. The van der Waals surface area contributed by atoms with Gasteiger partial charge in [-0.15, -0.1) is 0 Å². The van der Waals surface area contributed by atoms with Gasteiger partial charge in [-0.3, -0.25) is 4.90 Å². The first-order chi connectivity index (χ1) is 13.2. The van der Waals surface area contributed by atoms with Crippen molar-refractivity contribution in [2.45, 2.75) is 19.6 Å². The highest BCUT2D eigenvalue weighted by Crippen LogP contribution is 2.31. The molecular weight excluding hydrogens is 340 g/mol. The van der Waals surface area contributed by atoms with Crippen LogP contribution in [0.3, 0.4) is 0 Å². The van der Waals surface area contributed by atoms with Crippen molar-refractivity contribution in [1.82, 2.24) is 4.90 Å². The van der Waals surface area contributed by atoms with Gasteiger partial charge in [0, 0.05) is 32.3 Å². The maximum absolute atomic E-state index is 5.74. The summed E-state index contributed by atoms with van der Waals surface area (Å²) >= 11 is 0. The normalized spacial score (nSPS) is 21.6. The molecule has 0 amide bonds. The van der Waals surface area contributed by atoms with Crippen LogP contribution in [0.2, 0.25) is 0 Å². The maximum atomic E-state index is 5.74. The smallest absolute Gasteiger partial charge is 0.149 e. The molecule has 1 saturated heterocycles. The van der Waals surface area contributed by atoms with Crippen LogP contribution in [-0.4, -0.2) is 50.1 Å². The number of likely N-dealkylation sites (tertiary alicyclic amines) is 1. The van der Waals surface area contributed by atoms with Crippen molar-refractivity contribution in [3.05, 3.63) is 65.2 Å². The summed E-state index contributed by atoms with van der Waals surface area (Å²) in [5.41, 5.74) is 4.81. The third-order valence-corrected chi connectivity index (χ3v) is 5.18. The molecule has 1 fully saturated rings. The molecule has 5 heteroatoms. The molecule has 0 spiro atoms. The number of oxime groups is 1. The van der Waals surface area contributed by atoms with Crippen molar-refractivity contribution in [2.75, 3.05) is 33.4 Å². The fourth-order valence-electron chi connectivity index (χ4n) is 3.81. The van der Waals surface area contributed by atoms with Crippen molar-refractivity contribution < 1.29 is 14.3 Å². The Bertz CT molecular complexity index is 803. The molecule has 0 bridgehead atoms. The van der Waals surface area contributed by atoms with Gasteiger partial charge in [-0.25, -0.2) is 0 Å². The second-order valence-corrected chi connectivity index (χ2v) is 7.28. The molecule has 27 heavy (non-hydrogen) atoms. The first-order valence-corrected chi connectivity index (χ1v) is 9.47. The average Bonchev–Trinajstić information content (AvgIpc) is 3.23. The van der Waals surface area contributed by atoms with Crippen LogP contribution in [0.1, 0.15) is 16.7 Å². The number of fused-ring (bicyclic) bond motifs is 1. The number of methoxy groups -OCH3 is 1. The summed E-state index contributed by atoms with van der Waals surface area (Å²) in [5, 5.41) is 4.38. The molecule has 0 aromatic heterocycles. The number of rotatable bonds is 7. The van der Waals surface area contributed by atoms with Crippen molar-refractivity contribution in [2.24, 2.45) is 11.1 Å². The number of hydrogen-bond donors (Lipinski definition) is 0.